The Kier molecular flexibility index (Phi) is 6.01. The van der Waals surface area contributed by atoms with Gasteiger partial charge in [-0.2, -0.15) is 0 Å². The zero-order valence-corrected chi connectivity index (χ0v) is 13.2. The van der Waals surface area contributed by atoms with Crippen molar-refractivity contribution in [2.45, 2.75) is 52.0 Å². The fourth-order valence-corrected chi connectivity index (χ4v) is 1.97. The van der Waals surface area contributed by atoms with Crippen LogP contribution in [0.1, 0.15) is 46.4 Å². The summed E-state index contributed by atoms with van der Waals surface area (Å²) < 4.78 is 5.22. The summed E-state index contributed by atoms with van der Waals surface area (Å²) >= 11 is 6.07. The molecule has 0 saturated carbocycles. The van der Waals surface area contributed by atoms with E-state index in [4.69, 9.17) is 16.3 Å². The first-order valence-electron chi connectivity index (χ1n) is 6.67. The quantitative estimate of drug-likeness (QED) is 0.811. The number of rotatable bonds is 6. The molecule has 0 saturated heterocycles. The molecule has 5 heteroatoms. The Morgan fingerprint density at radius 3 is 2.58 bits per heavy atom. The zero-order valence-electron chi connectivity index (χ0n) is 12.5. The van der Waals surface area contributed by atoms with Gasteiger partial charge in [-0.1, -0.05) is 45.7 Å². The Balaban J connectivity index is 2.90. The van der Waals surface area contributed by atoms with E-state index >= 15 is 0 Å². The number of nitrogens with zero attached hydrogens (tertiary/aromatic N) is 2. The van der Waals surface area contributed by atoms with Crippen molar-refractivity contribution >= 4 is 17.4 Å². The smallest absolute Gasteiger partial charge is 0.137 e. The minimum atomic E-state index is -0.122. The SMILES string of the molecule is CCCC(COC)Nc1cc(Cl)nc(C(C)(C)C)n1. The maximum Gasteiger partial charge on any atom is 0.137 e. The monoisotopic (exact) mass is 285 g/mol. The van der Waals surface area contributed by atoms with E-state index in [9.17, 15) is 0 Å². The van der Waals surface area contributed by atoms with Crippen molar-refractivity contribution in [2.75, 3.05) is 19.0 Å². The van der Waals surface area contributed by atoms with Crippen LogP contribution in [0.2, 0.25) is 5.15 Å². The predicted octanol–water partition coefficient (Wildman–Crippen LogP) is 3.65. The van der Waals surface area contributed by atoms with Crippen molar-refractivity contribution in [1.82, 2.24) is 9.97 Å². The highest BCUT2D eigenvalue weighted by molar-refractivity contribution is 6.29. The van der Waals surface area contributed by atoms with Crippen molar-refractivity contribution in [1.29, 1.82) is 0 Å². The number of hydrogen-bond donors (Lipinski definition) is 1. The van der Waals surface area contributed by atoms with Crippen molar-refractivity contribution < 1.29 is 4.74 Å². The van der Waals surface area contributed by atoms with Crippen LogP contribution in [0.15, 0.2) is 6.07 Å². The summed E-state index contributed by atoms with van der Waals surface area (Å²) in [4.78, 5) is 8.83. The summed E-state index contributed by atoms with van der Waals surface area (Å²) in [5.74, 6) is 1.51. The maximum absolute atomic E-state index is 6.07. The molecule has 0 fully saturated rings. The minimum Gasteiger partial charge on any atom is -0.383 e. The molecular weight excluding hydrogens is 262 g/mol. The normalized spacial score (nSPS) is 13.4. The molecule has 0 aliphatic rings. The fraction of sp³-hybridized carbons (Fsp3) is 0.714. The summed E-state index contributed by atoms with van der Waals surface area (Å²) in [5, 5.41) is 3.84. The molecule has 1 N–H and O–H groups in total. The molecule has 1 rings (SSSR count). The van der Waals surface area contributed by atoms with Crippen LogP contribution in [0.4, 0.5) is 5.82 Å². The van der Waals surface area contributed by atoms with Gasteiger partial charge in [0, 0.05) is 18.6 Å². The van der Waals surface area contributed by atoms with Gasteiger partial charge in [0.15, 0.2) is 0 Å². The molecule has 0 radical (unpaired) electrons. The van der Waals surface area contributed by atoms with Gasteiger partial charge in [0.2, 0.25) is 0 Å². The first-order chi connectivity index (χ1) is 8.86. The van der Waals surface area contributed by atoms with Gasteiger partial charge in [0.25, 0.3) is 0 Å². The molecule has 1 aromatic rings. The second kappa shape index (κ2) is 7.06. The Morgan fingerprint density at radius 1 is 1.37 bits per heavy atom. The molecule has 0 bridgehead atoms. The third kappa shape index (κ3) is 5.33. The average molecular weight is 286 g/mol. The van der Waals surface area contributed by atoms with Gasteiger partial charge in [-0.25, -0.2) is 9.97 Å². The summed E-state index contributed by atoms with van der Waals surface area (Å²) in [6.07, 6.45) is 2.12. The Labute approximate surface area is 120 Å². The lowest BCUT2D eigenvalue weighted by atomic mass is 9.96. The molecule has 4 nitrogen and oxygen atoms in total. The molecule has 19 heavy (non-hydrogen) atoms. The summed E-state index contributed by atoms with van der Waals surface area (Å²) in [6.45, 7) is 9.02. The molecule has 0 aliphatic carbocycles. The third-order valence-corrected chi connectivity index (χ3v) is 2.92. The molecular formula is C14H24ClN3O. The van der Waals surface area contributed by atoms with Crippen LogP contribution in [0.5, 0.6) is 0 Å². The largest absolute Gasteiger partial charge is 0.383 e. The van der Waals surface area contributed by atoms with Crippen molar-refractivity contribution in [3.05, 3.63) is 17.0 Å². The Hall–Kier alpha value is -0.870. The summed E-state index contributed by atoms with van der Waals surface area (Å²) in [7, 11) is 1.71. The lowest BCUT2D eigenvalue weighted by Crippen LogP contribution is -2.26. The predicted molar refractivity (Wildman–Crippen MR) is 79.9 cm³/mol. The topological polar surface area (TPSA) is 47.0 Å². The van der Waals surface area contributed by atoms with Crippen molar-refractivity contribution in [3.63, 3.8) is 0 Å². The maximum atomic E-state index is 6.07. The van der Waals surface area contributed by atoms with Crippen LogP contribution >= 0.6 is 11.6 Å². The highest BCUT2D eigenvalue weighted by Crippen LogP contribution is 2.22. The van der Waals surface area contributed by atoms with E-state index in [0.29, 0.717) is 11.8 Å². The van der Waals surface area contributed by atoms with Crippen LogP contribution in [0, 0.1) is 0 Å². The molecule has 1 heterocycles. The van der Waals surface area contributed by atoms with E-state index in [-0.39, 0.29) is 11.5 Å². The molecule has 1 unspecified atom stereocenters. The number of halogens is 1. The number of ether oxygens (including phenoxy) is 1. The Morgan fingerprint density at radius 2 is 2.05 bits per heavy atom. The van der Waals surface area contributed by atoms with E-state index in [0.717, 1.165) is 24.5 Å². The van der Waals surface area contributed by atoms with Crippen LogP contribution in [-0.4, -0.2) is 29.7 Å². The highest BCUT2D eigenvalue weighted by atomic mass is 35.5. The minimum absolute atomic E-state index is 0.122. The molecule has 0 aliphatic heterocycles. The van der Waals surface area contributed by atoms with E-state index in [1.54, 1.807) is 13.2 Å². The van der Waals surface area contributed by atoms with E-state index in [1.807, 2.05) is 0 Å². The van der Waals surface area contributed by atoms with E-state index in [1.165, 1.54) is 0 Å². The highest BCUT2D eigenvalue weighted by Gasteiger charge is 2.19. The molecule has 0 spiro atoms. The van der Waals surface area contributed by atoms with E-state index < -0.39 is 0 Å². The lowest BCUT2D eigenvalue weighted by Gasteiger charge is -2.21. The van der Waals surface area contributed by atoms with Gasteiger partial charge in [-0.15, -0.1) is 0 Å². The first kappa shape index (κ1) is 16.2. The van der Waals surface area contributed by atoms with Gasteiger partial charge in [0.05, 0.1) is 12.6 Å². The Bertz CT molecular complexity index is 398. The van der Waals surface area contributed by atoms with Crippen molar-refractivity contribution in [2.24, 2.45) is 0 Å². The summed E-state index contributed by atoms with van der Waals surface area (Å²) in [6, 6.07) is 2.00. The van der Waals surface area contributed by atoms with Crippen LogP contribution in [0.3, 0.4) is 0 Å². The number of anilines is 1. The number of methoxy groups -OCH3 is 1. The third-order valence-electron chi connectivity index (χ3n) is 2.72. The second-order valence-electron chi connectivity index (χ2n) is 5.73. The van der Waals surface area contributed by atoms with Crippen LogP contribution in [-0.2, 0) is 10.2 Å². The van der Waals surface area contributed by atoms with Gasteiger partial charge in [0.1, 0.15) is 16.8 Å². The average Bonchev–Trinajstić information content (AvgIpc) is 2.27. The van der Waals surface area contributed by atoms with Crippen LogP contribution < -0.4 is 5.32 Å². The fourth-order valence-electron chi connectivity index (χ4n) is 1.78. The first-order valence-corrected chi connectivity index (χ1v) is 7.05. The lowest BCUT2D eigenvalue weighted by molar-refractivity contribution is 0.182. The van der Waals surface area contributed by atoms with Gasteiger partial charge < -0.3 is 10.1 Å². The van der Waals surface area contributed by atoms with Gasteiger partial charge in [-0.3, -0.25) is 0 Å². The second-order valence-corrected chi connectivity index (χ2v) is 6.12. The van der Waals surface area contributed by atoms with Crippen LogP contribution in [0.25, 0.3) is 0 Å². The molecule has 0 amide bonds. The van der Waals surface area contributed by atoms with Gasteiger partial charge >= 0.3 is 0 Å². The number of aromatic nitrogens is 2. The molecule has 1 aromatic heterocycles. The van der Waals surface area contributed by atoms with Crippen molar-refractivity contribution in [3.8, 4) is 0 Å². The molecule has 1 atom stereocenters. The summed E-state index contributed by atoms with van der Waals surface area (Å²) in [5.41, 5.74) is -0.122. The standard InChI is InChI=1S/C14H24ClN3O/c1-6-7-10(9-19-5)16-12-8-11(15)17-13(18-12)14(2,3)4/h8,10H,6-7,9H2,1-5H3,(H,16,17,18). The number of nitrogens with one attached hydrogen (secondary N) is 1. The zero-order chi connectivity index (χ0) is 14.5. The number of hydrogen-bond acceptors (Lipinski definition) is 4. The van der Waals surface area contributed by atoms with E-state index in [2.05, 4.69) is 43.0 Å². The van der Waals surface area contributed by atoms with Gasteiger partial charge in [-0.05, 0) is 6.42 Å². The molecule has 0 aromatic carbocycles. The molecule has 108 valence electrons.